The van der Waals surface area contributed by atoms with E-state index in [1.165, 1.54) is 12.8 Å². The summed E-state index contributed by atoms with van der Waals surface area (Å²) in [5.74, 6) is 0.725. The van der Waals surface area contributed by atoms with Crippen molar-refractivity contribution in [1.29, 1.82) is 0 Å². The maximum Gasteiger partial charge on any atom is 0.415 e. The number of nitrogens with zero attached hydrogens (tertiary/aromatic N) is 1. The van der Waals surface area contributed by atoms with Gasteiger partial charge < -0.3 is 24.2 Å². The van der Waals surface area contributed by atoms with Crippen LogP contribution in [0.25, 0.3) is 0 Å². The van der Waals surface area contributed by atoms with Crippen molar-refractivity contribution < 1.29 is 28.9 Å². The number of carboxylic acid groups (broad SMARTS) is 1. The van der Waals surface area contributed by atoms with Gasteiger partial charge in [0.2, 0.25) is 0 Å². The zero-order chi connectivity index (χ0) is 23.5. The number of aliphatic carboxylic acids is 1. The Morgan fingerprint density at radius 3 is 2.36 bits per heavy atom. The molecule has 7 nitrogen and oxygen atoms in total. The Morgan fingerprint density at radius 1 is 1.03 bits per heavy atom. The predicted molar refractivity (Wildman–Crippen MR) is 125 cm³/mol. The molecule has 7 heteroatoms. The van der Waals surface area contributed by atoms with Crippen LogP contribution in [0.1, 0.15) is 38.2 Å². The molecule has 0 bridgehead atoms. The number of carbonyl (C=O) groups excluding carboxylic acids is 1. The number of rotatable bonds is 12. The monoisotopic (exact) mass is 455 g/mol. The van der Waals surface area contributed by atoms with Gasteiger partial charge in [-0.05, 0) is 55.5 Å². The summed E-state index contributed by atoms with van der Waals surface area (Å²) in [6, 6.07) is 16.4. The lowest BCUT2D eigenvalue weighted by molar-refractivity contribution is -0.149. The smallest absolute Gasteiger partial charge is 0.415 e. The van der Waals surface area contributed by atoms with Gasteiger partial charge in [-0.1, -0.05) is 43.2 Å². The summed E-state index contributed by atoms with van der Waals surface area (Å²) in [5, 5.41) is 9.24. The lowest BCUT2D eigenvalue weighted by Gasteiger charge is -2.25. The quantitative estimate of drug-likeness (QED) is 0.495. The summed E-state index contributed by atoms with van der Waals surface area (Å²) in [6.45, 7) is 3.56. The molecule has 1 saturated carbocycles. The van der Waals surface area contributed by atoms with Gasteiger partial charge in [-0.15, -0.1) is 0 Å². The lowest BCUT2D eigenvalue weighted by Crippen LogP contribution is -2.39. The van der Waals surface area contributed by atoms with E-state index in [1.807, 2.05) is 42.5 Å². The van der Waals surface area contributed by atoms with Crippen LogP contribution in [0, 0.1) is 5.92 Å². The minimum atomic E-state index is -0.970. The van der Waals surface area contributed by atoms with E-state index >= 15 is 0 Å². The average molecular weight is 456 g/mol. The summed E-state index contributed by atoms with van der Waals surface area (Å²) >= 11 is 0. The number of carboxylic acids is 1. The van der Waals surface area contributed by atoms with Gasteiger partial charge in [-0.2, -0.15) is 0 Å². The summed E-state index contributed by atoms with van der Waals surface area (Å²) in [7, 11) is 0. The first-order chi connectivity index (χ1) is 16.0. The van der Waals surface area contributed by atoms with Crippen LogP contribution in [0.15, 0.2) is 54.6 Å². The van der Waals surface area contributed by atoms with Gasteiger partial charge in [0.1, 0.15) is 18.1 Å². The lowest BCUT2D eigenvalue weighted by atomic mass is 10.1. The molecule has 0 aliphatic heterocycles. The molecule has 0 saturated heterocycles. The third kappa shape index (κ3) is 8.09. The number of hydrogen-bond acceptors (Lipinski definition) is 5. The van der Waals surface area contributed by atoms with E-state index in [4.69, 9.17) is 14.2 Å². The topological polar surface area (TPSA) is 85.3 Å². The second kappa shape index (κ2) is 12.8. The Labute approximate surface area is 195 Å². The molecule has 1 amide bonds. The molecule has 178 valence electrons. The molecule has 2 aromatic rings. The maximum absolute atomic E-state index is 12.8. The first kappa shape index (κ1) is 24.6. The molecule has 0 radical (unpaired) electrons. The Morgan fingerprint density at radius 2 is 1.73 bits per heavy atom. The molecule has 2 aromatic carbocycles. The van der Waals surface area contributed by atoms with Crippen molar-refractivity contribution >= 4 is 12.1 Å². The number of amides is 1. The molecular weight excluding hydrogens is 422 g/mol. The van der Waals surface area contributed by atoms with Crippen LogP contribution in [0.3, 0.4) is 0 Å². The molecule has 1 aliphatic carbocycles. The molecule has 3 rings (SSSR count). The molecular formula is C26H33NO6. The normalized spacial score (nSPS) is 14.6. The van der Waals surface area contributed by atoms with Gasteiger partial charge in [-0.3, -0.25) is 0 Å². The minimum Gasteiger partial charge on any atom is -0.492 e. The Bertz CT molecular complexity index is 864. The number of ether oxygens (including phenoxy) is 3. The van der Waals surface area contributed by atoms with Crippen LogP contribution < -0.4 is 9.47 Å². The fourth-order valence-electron chi connectivity index (χ4n) is 4.04. The third-order valence-corrected chi connectivity index (χ3v) is 5.78. The van der Waals surface area contributed by atoms with Crippen molar-refractivity contribution in [2.24, 2.45) is 5.92 Å². The highest BCUT2D eigenvalue weighted by Gasteiger charge is 2.23. The highest BCUT2D eigenvalue weighted by molar-refractivity contribution is 5.72. The average Bonchev–Trinajstić information content (AvgIpc) is 3.33. The Hall–Kier alpha value is -3.06. The molecule has 1 aliphatic rings. The fourth-order valence-corrected chi connectivity index (χ4v) is 4.04. The maximum atomic E-state index is 12.8. The van der Waals surface area contributed by atoms with Gasteiger partial charge in [-0.25, -0.2) is 9.59 Å². The largest absolute Gasteiger partial charge is 0.492 e. The van der Waals surface area contributed by atoms with Crippen LogP contribution in [0.5, 0.6) is 11.5 Å². The van der Waals surface area contributed by atoms with Crippen LogP contribution >= 0.6 is 0 Å². The van der Waals surface area contributed by atoms with Crippen LogP contribution in [-0.2, 0) is 16.0 Å². The van der Waals surface area contributed by atoms with E-state index in [1.54, 1.807) is 24.0 Å². The molecule has 1 atom stereocenters. The molecule has 0 aromatic heterocycles. The zero-order valence-electron chi connectivity index (χ0n) is 19.2. The van der Waals surface area contributed by atoms with Crippen molar-refractivity contribution in [3.63, 3.8) is 0 Å². The van der Waals surface area contributed by atoms with Crippen molar-refractivity contribution in [3.8, 4) is 11.5 Å². The number of hydrogen-bond donors (Lipinski definition) is 1. The second-order valence-corrected chi connectivity index (χ2v) is 8.26. The first-order valence-corrected chi connectivity index (χ1v) is 11.6. The van der Waals surface area contributed by atoms with Gasteiger partial charge in [0.25, 0.3) is 0 Å². The standard InChI is InChI=1S/C26H33NO6/c1-2-31-24(25(28)29)18-20-12-14-22(15-13-20)32-17-16-27(19-21-8-6-7-9-21)26(30)33-23-10-4-3-5-11-23/h3-5,10-15,21,24H,2,6-9,16-19H2,1H3,(H,28,29). The summed E-state index contributed by atoms with van der Waals surface area (Å²) < 4.78 is 16.7. The zero-order valence-corrected chi connectivity index (χ0v) is 19.2. The van der Waals surface area contributed by atoms with Gasteiger partial charge >= 0.3 is 12.1 Å². The molecule has 0 heterocycles. The van der Waals surface area contributed by atoms with E-state index in [0.29, 0.717) is 50.1 Å². The number of benzene rings is 2. The highest BCUT2D eigenvalue weighted by Crippen LogP contribution is 2.26. The third-order valence-electron chi connectivity index (χ3n) is 5.78. The molecule has 1 unspecified atom stereocenters. The minimum absolute atomic E-state index is 0.296. The Balaban J connectivity index is 1.53. The van der Waals surface area contributed by atoms with Crippen molar-refractivity contribution in [2.75, 3.05) is 26.3 Å². The van der Waals surface area contributed by atoms with Gasteiger partial charge in [0, 0.05) is 19.6 Å². The molecule has 1 N–H and O–H groups in total. The van der Waals surface area contributed by atoms with E-state index in [9.17, 15) is 14.7 Å². The summed E-state index contributed by atoms with van der Waals surface area (Å²) in [5.41, 5.74) is 0.859. The van der Waals surface area contributed by atoms with E-state index in [2.05, 4.69) is 0 Å². The molecule has 1 fully saturated rings. The van der Waals surface area contributed by atoms with Crippen LogP contribution in [0.4, 0.5) is 4.79 Å². The van der Waals surface area contributed by atoms with Gasteiger partial charge in [0.05, 0.1) is 6.54 Å². The predicted octanol–water partition coefficient (Wildman–Crippen LogP) is 4.79. The van der Waals surface area contributed by atoms with E-state index in [-0.39, 0.29) is 6.09 Å². The molecule has 33 heavy (non-hydrogen) atoms. The highest BCUT2D eigenvalue weighted by atomic mass is 16.6. The summed E-state index contributed by atoms with van der Waals surface area (Å²) in [6.07, 6.45) is 3.77. The van der Waals surface area contributed by atoms with Crippen molar-refractivity contribution in [2.45, 2.75) is 45.1 Å². The Kier molecular flexibility index (Phi) is 9.57. The van der Waals surface area contributed by atoms with Crippen molar-refractivity contribution in [1.82, 2.24) is 4.90 Å². The first-order valence-electron chi connectivity index (χ1n) is 11.6. The van der Waals surface area contributed by atoms with E-state index in [0.717, 1.165) is 18.4 Å². The fraction of sp³-hybridized carbons (Fsp3) is 0.462. The van der Waals surface area contributed by atoms with E-state index < -0.39 is 12.1 Å². The van der Waals surface area contributed by atoms with Crippen molar-refractivity contribution in [3.05, 3.63) is 60.2 Å². The number of carbonyl (C=O) groups is 2. The summed E-state index contributed by atoms with van der Waals surface area (Å²) in [4.78, 5) is 25.8. The number of para-hydroxylation sites is 1. The van der Waals surface area contributed by atoms with Gasteiger partial charge in [0.15, 0.2) is 6.10 Å². The second-order valence-electron chi connectivity index (χ2n) is 8.26. The van der Waals surface area contributed by atoms with Crippen LogP contribution in [0.2, 0.25) is 0 Å². The SMILES string of the molecule is CCOC(Cc1ccc(OCCN(CC2CCCC2)C(=O)Oc2ccccc2)cc1)C(=O)O. The van der Waals surface area contributed by atoms with Crippen LogP contribution in [-0.4, -0.2) is 54.5 Å². The molecule has 0 spiro atoms.